The number of rotatable bonds is 22. The molecule has 2 aromatic rings. The highest BCUT2D eigenvalue weighted by atomic mass is 16.5. The van der Waals surface area contributed by atoms with E-state index in [9.17, 15) is 15.0 Å². The Morgan fingerprint density at radius 1 is 0.684 bits per heavy atom. The van der Waals surface area contributed by atoms with Crippen molar-refractivity contribution in [2.24, 2.45) is 0 Å². The molecule has 0 saturated carbocycles. The number of ether oxygens (including phenoxy) is 3. The largest absolute Gasteiger partial charge is 0.508 e. The van der Waals surface area contributed by atoms with Crippen LogP contribution in [-0.2, 0) is 0 Å². The van der Waals surface area contributed by atoms with Gasteiger partial charge in [-0.25, -0.2) is 4.79 Å². The summed E-state index contributed by atoms with van der Waals surface area (Å²) in [5.74, 6) is 0.927. The molecule has 0 bridgehead atoms. The van der Waals surface area contributed by atoms with Gasteiger partial charge in [0, 0.05) is 12.5 Å². The van der Waals surface area contributed by atoms with E-state index in [1.54, 1.807) is 42.5 Å². The van der Waals surface area contributed by atoms with E-state index < -0.39 is 5.97 Å². The van der Waals surface area contributed by atoms with Crippen LogP contribution in [0.5, 0.6) is 23.0 Å². The monoisotopic (exact) mass is 528 g/mol. The van der Waals surface area contributed by atoms with Gasteiger partial charge < -0.3 is 24.4 Å². The second-order valence-electron chi connectivity index (χ2n) is 10.0. The van der Waals surface area contributed by atoms with Crippen molar-refractivity contribution in [2.75, 3.05) is 13.2 Å². The third-order valence-corrected chi connectivity index (χ3v) is 6.60. The molecule has 2 rings (SSSR count). The molecule has 0 fully saturated rings. The molecular formula is C32H48O6. The first-order valence-corrected chi connectivity index (χ1v) is 14.6. The van der Waals surface area contributed by atoms with Crippen LogP contribution >= 0.6 is 0 Å². The van der Waals surface area contributed by atoms with Gasteiger partial charge in [0.2, 0.25) is 0 Å². The van der Waals surface area contributed by atoms with Crippen molar-refractivity contribution >= 4 is 5.97 Å². The van der Waals surface area contributed by atoms with Gasteiger partial charge in [-0.2, -0.15) is 0 Å². The van der Waals surface area contributed by atoms with Crippen LogP contribution in [0.2, 0.25) is 0 Å². The number of unbranched alkanes of at least 4 members (excludes halogenated alkanes) is 9. The predicted octanol–water partition coefficient (Wildman–Crippen LogP) is 8.80. The molecule has 0 radical (unpaired) electrons. The third kappa shape index (κ3) is 13.6. The molecule has 38 heavy (non-hydrogen) atoms. The lowest BCUT2D eigenvalue weighted by Gasteiger charge is -2.20. The van der Waals surface area contributed by atoms with E-state index in [1.165, 1.54) is 57.8 Å². The lowest BCUT2D eigenvalue weighted by molar-refractivity contribution is 0.0695. The number of carbonyl (C=O) groups is 1. The van der Waals surface area contributed by atoms with Gasteiger partial charge in [0.05, 0.1) is 24.9 Å². The van der Waals surface area contributed by atoms with Gasteiger partial charge in [0.1, 0.15) is 23.0 Å². The molecule has 1 unspecified atom stereocenters. The fourth-order valence-electron chi connectivity index (χ4n) is 4.41. The number of benzene rings is 2. The fraction of sp³-hybridized carbons (Fsp3) is 0.594. The number of hydrogen-bond acceptors (Lipinski definition) is 5. The van der Waals surface area contributed by atoms with Crippen LogP contribution in [0.3, 0.4) is 0 Å². The molecule has 2 N–H and O–H groups in total. The number of phenolic OH excluding ortho intramolecular Hbond substituents is 1. The number of aromatic carboxylic acids is 1. The first kappa shape index (κ1) is 31.3. The minimum absolute atomic E-state index is 0.0816. The predicted molar refractivity (Wildman–Crippen MR) is 153 cm³/mol. The Kier molecular flexibility index (Phi) is 15.8. The highest BCUT2D eigenvalue weighted by Gasteiger charge is 2.14. The van der Waals surface area contributed by atoms with Crippen molar-refractivity contribution in [1.82, 2.24) is 0 Å². The lowest BCUT2D eigenvalue weighted by Crippen LogP contribution is -2.17. The number of aromatic hydroxyl groups is 1. The lowest BCUT2D eigenvalue weighted by atomic mass is 10.0. The Morgan fingerprint density at radius 2 is 1.21 bits per heavy atom. The van der Waals surface area contributed by atoms with Crippen molar-refractivity contribution in [3.8, 4) is 23.0 Å². The molecule has 0 saturated heterocycles. The van der Waals surface area contributed by atoms with E-state index in [-0.39, 0.29) is 17.4 Å². The Morgan fingerprint density at radius 3 is 1.82 bits per heavy atom. The SMILES string of the molecule is CCCCCCCCCC(CCCCCC)Oc1cc(OCCCOc2ccc(O)cc2)cc(C(=O)O)c1. The maximum Gasteiger partial charge on any atom is 0.335 e. The number of phenols is 1. The van der Waals surface area contributed by atoms with Gasteiger partial charge in [0.25, 0.3) is 0 Å². The summed E-state index contributed by atoms with van der Waals surface area (Å²) in [5.41, 5.74) is 0.165. The Labute approximate surface area is 229 Å². The average Bonchev–Trinajstić information content (AvgIpc) is 2.91. The summed E-state index contributed by atoms with van der Waals surface area (Å²) >= 11 is 0. The molecule has 0 aromatic heterocycles. The van der Waals surface area contributed by atoms with Gasteiger partial charge in [0.15, 0.2) is 0 Å². The van der Waals surface area contributed by atoms with Gasteiger partial charge >= 0.3 is 5.97 Å². The standard InChI is InChI=1S/C32H48O6/c1-3-5-7-9-10-11-13-16-29(15-12-8-6-4-2)38-31-24-26(32(34)35)23-30(25-31)37-22-14-21-36-28-19-17-27(33)18-20-28/h17-20,23-25,29,33H,3-16,21-22H2,1-2H3,(H,34,35). The quantitative estimate of drug-likeness (QED) is 0.149. The molecule has 0 heterocycles. The van der Waals surface area contributed by atoms with Crippen LogP contribution in [0, 0.1) is 0 Å². The first-order chi connectivity index (χ1) is 18.5. The van der Waals surface area contributed by atoms with Gasteiger partial charge in [-0.1, -0.05) is 71.6 Å². The van der Waals surface area contributed by atoms with Crippen LogP contribution in [-0.4, -0.2) is 35.5 Å². The maximum absolute atomic E-state index is 11.8. The van der Waals surface area contributed by atoms with Crippen molar-refractivity contribution in [2.45, 2.75) is 110 Å². The molecule has 0 aliphatic carbocycles. The zero-order chi connectivity index (χ0) is 27.4. The summed E-state index contributed by atoms with van der Waals surface area (Å²) in [7, 11) is 0. The molecular weight excluding hydrogens is 480 g/mol. The molecule has 0 amide bonds. The molecule has 212 valence electrons. The van der Waals surface area contributed by atoms with E-state index in [4.69, 9.17) is 14.2 Å². The van der Waals surface area contributed by atoms with Crippen molar-refractivity contribution in [3.05, 3.63) is 48.0 Å². The van der Waals surface area contributed by atoms with Gasteiger partial charge in [-0.3, -0.25) is 0 Å². The summed E-state index contributed by atoms with van der Waals surface area (Å²) in [6, 6.07) is 11.5. The summed E-state index contributed by atoms with van der Waals surface area (Å²) in [5, 5.41) is 19.0. The molecule has 1 atom stereocenters. The van der Waals surface area contributed by atoms with E-state index in [1.807, 2.05) is 0 Å². The van der Waals surface area contributed by atoms with Crippen molar-refractivity contribution < 1.29 is 29.2 Å². The molecule has 0 aliphatic heterocycles. The number of hydrogen-bond donors (Lipinski definition) is 2. The van der Waals surface area contributed by atoms with E-state index in [0.717, 1.165) is 25.7 Å². The van der Waals surface area contributed by atoms with Crippen LogP contribution in [0.1, 0.15) is 114 Å². The Balaban J connectivity index is 1.90. The van der Waals surface area contributed by atoms with Gasteiger partial charge in [-0.05, 0) is 62.1 Å². The summed E-state index contributed by atoms with van der Waals surface area (Å²) < 4.78 is 17.9. The number of carboxylic acids is 1. The summed E-state index contributed by atoms with van der Waals surface area (Å²) in [6.07, 6.45) is 16.3. The second-order valence-corrected chi connectivity index (χ2v) is 10.0. The number of carboxylic acid groups (broad SMARTS) is 1. The minimum Gasteiger partial charge on any atom is -0.508 e. The van der Waals surface area contributed by atoms with E-state index in [0.29, 0.717) is 36.9 Å². The zero-order valence-electron chi connectivity index (χ0n) is 23.5. The average molecular weight is 529 g/mol. The van der Waals surface area contributed by atoms with Crippen LogP contribution in [0.4, 0.5) is 0 Å². The molecule has 2 aromatic carbocycles. The summed E-state index contributed by atoms with van der Waals surface area (Å²) in [6.45, 7) is 5.29. The molecule has 6 nitrogen and oxygen atoms in total. The minimum atomic E-state index is -0.998. The Bertz CT molecular complexity index is 895. The highest BCUT2D eigenvalue weighted by Crippen LogP contribution is 2.27. The summed E-state index contributed by atoms with van der Waals surface area (Å²) in [4.78, 5) is 11.8. The highest BCUT2D eigenvalue weighted by molar-refractivity contribution is 5.88. The topological polar surface area (TPSA) is 85.2 Å². The molecule has 0 aliphatic rings. The normalized spacial score (nSPS) is 11.7. The van der Waals surface area contributed by atoms with Crippen molar-refractivity contribution in [1.29, 1.82) is 0 Å². The third-order valence-electron chi connectivity index (χ3n) is 6.60. The molecule has 0 spiro atoms. The van der Waals surface area contributed by atoms with E-state index in [2.05, 4.69) is 13.8 Å². The molecule has 6 heteroatoms. The maximum atomic E-state index is 11.8. The zero-order valence-corrected chi connectivity index (χ0v) is 23.5. The van der Waals surface area contributed by atoms with Crippen LogP contribution in [0.25, 0.3) is 0 Å². The van der Waals surface area contributed by atoms with Gasteiger partial charge in [-0.15, -0.1) is 0 Å². The van der Waals surface area contributed by atoms with Crippen LogP contribution < -0.4 is 14.2 Å². The Hall–Kier alpha value is -2.89. The second kappa shape index (κ2) is 19.2. The van der Waals surface area contributed by atoms with Crippen LogP contribution in [0.15, 0.2) is 42.5 Å². The van der Waals surface area contributed by atoms with E-state index >= 15 is 0 Å². The fourth-order valence-corrected chi connectivity index (χ4v) is 4.41. The first-order valence-electron chi connectivity index (χ1n) is 14.6. The van der Waals surface area contributed by atoms with Crippen molar-refractivity contribution in [3.63, 3.8) is 0 Å². The smallest absolute Gasteiger partial charge is 0.335 e.